The fraction of sp³-hybridized carbons (Fsp3) is 0.316. The van der Waals surface area contributed by atoms with Crippen LogP contribution in [0, 0.1) is 6.92 Å². The molecule has 25 heavy (non-hydrogen) atoms. The van der Waals surface area contributed by atoms with Crippen molar-refractivity contribution in [3.8, 4) is 0 Å². The summed E-state index contributed by atoms with van der Waals surface area (Å²) in [5.41, 5.74) is 3.86. The van der Waals surface area contributed by atoms with E-state index in [1.165, 1.54) is 0 Å². The number of aromatic nitrogens is 3. The van der Waals surface area contributed by atoms with Crippen LogP contribution < -0.4 is 10.2 Å². The zero-order valence-electron chi connectivity index (χ0n) is 15.1. The third kappa shape index (κ3) is 3.79. The number of nitrogens with one attached hydrogen (secondary N) is 1. The minimum Gasteiger partial charge on any atom is -0.350 e. The molecule has 1 amide bonds. The second-order valence-electron chi connectivity index (χ2n) is 6.43. The van der Waals surface area contributed by atoms with Crippen LogP contribution in [-0.4, -0.2) is 34.5 Å². The summed E-state index contributed by atoms with van der Waals surface area (Å²) in [7, 11) is 5.80. The number of carbonyl (C=O) groups excluding carboxylic acids is 1. The highest BCUT2D eigenvalue weighted by Crippen LogP contribution is 2.20. The molecule has 1 N–H and O–H groups in total. The Hall–Kier alpha value is -2.89. The topological polar surface area (TPSA) is 63.1 Å². The third-order valence-corrected chi connectivity index (χ3v) is 4.09. The average Bonchev–Trinajstić information content (AvgIpc) is 2.89. The van der Waals surface area contributed by atoms with Gasteiger partial charge < -0.3 is 14.8 Å². The van der Waals surface area contributed by atoms with Crippen molar-refractivity contribution >= 4 is 22.8 Å². The van der Waals surface area contributed by atoms with Gasteiger partial charge in [-0.25, -0.2) is 9.97 Å². The predicted octanol–water partition coefficient (Wildman–Crippen LogP) is 2.20. The lowest BCUT2D eigenvalue weighted by atomic mass is 10.1. The molecule has 0 unspecified atom stereocenters. The van der Waals surface area contributed by atoms with Gasteiger partial charge in [-0.1, -0.05) is 18.2 Å². The molecule has 0 atom stereocenters. The van der Waals surface area contributed by atoms with Gasteiger partial charge in [0.05, 0.1) is 18.7 Å². The molecule has 130 valence electrons. The second kappa shape index (κ2) is 6.93. The van der Waals surface area contributed by atoms with Crippen molar-refractivity contribution in [3.63, 3.8) is 0 Å². The van der Waals surface area contributed by atoms with Crippen LogP contribution >= 0.6 is 0 Å². The summed E-state index contributed by atoms with van der Waals surface area (Å²) in [5, 5.41) is 4.08. The van der Waals surface area contributed by atoms with Gasteiger partial charge in [0.2, 0.25) is 11.9 Å². The highest BCUT2D eigenvalue weighted by Gasteiger charge is 2.11. The van der Waals surface area contributed by atoms with Crippen molar-refractivity contribution in [2.75, 3.05) is 19.0 Å². The Morgan fingerprint density at radius 3 is 2.76 bits per heavy atom. The highest BCUT2D eigenvalue weighted by atomic mass is 16.1. The molecule has 2 heterocycles. The number of carbonyl (C=O) groups is 1. The maximum absolute atomic E-state index is 12.4. The number of hydrogen-bond acceptors (Lipinski definition) is 4. The van der Waals surface area contributed by atoms with E-state index in [4.69, 9.17) is 0 Å². The van der Waals surface area contributed by atoms with Gasteiger partial charge in [0, 0.05) is 43.9 Å². The van der Waals surface area contributed by atoms with E-state index in [1.54, 1.807) is 0 Å². The largest absolute Gasteiger partial charge is 0.350 e. The number of amides is 1. The summed E-state index contributed by atoms with van der Waals surface area (Å²) in [6.45, 7) is 2.32. The Kier molecular flexibility index (Phi) is 4.70. The van der Waals surface area contributed by atoms with Crippen LogP contribution in [0.15, 0.2) is 36.5 Å². The molecule has 0 radical (unpaired) electrons. The number of anilines is 1. The quantitative estimate of drug-likeness (QED) is 0.775. The van der Waals surface area contributed by atoms with Crippen LogP contribution in [0.25, 0.3) is 10.9 Å². The highest BCUT2D eigenvalue weighted by molar-refractivity contribution is 5.89. The van der Waals surface area contributed by atoms with Crippen molar-refractivity contribution in [1.82, 2.24) is 19.9 Å². The number of rotatable bonds is 5. The summed E-state index contributed by atoms with van der Waals surface area (Å²) >= 11 is 0. The summed E-state index contributed by atoms with van der Waals surface area (Å²) in [6, 6.07) is 10.0. The molecule has 0 aliphatic rings. The lowest BCUT2D eigenvalue weighted by molar-refractivity contribution is -0.120. The monoisotopic (exact) mass is 337 g/mol. The second-order valence-corrected chi connectivity index (χ2v) is 6.43. The van der Waals surface area contributed by atoms with E-state index < -0.39 is 0 Å². The molecule has 0 spiro atoms. The summed E-state index contributed by atoms with van der Waals surface area (Å²) in [6.07, 6.45) is 2.37. The van der Waals surface area contributed by atoms with E-state index in [-0.39, 0.29) is 5.91 Å². The number of hydrogen-bond donors (Lipinski definition) is 1. The summed E-state index contributed by atoms with van der Waals surface area (Å²) in [4.78, 5) is 23.1. The molecule has 6 nitrogen and oxygen atoms in total. The molecule has 0 bridgehead atoms. The lowest BCUT2D eigenvalue weighted by Crippen LogP contribution is -2.25. The zero-order chi connectivity index (χ0) is 18.0. The van der Waals surface area contributed by atoms with Crippen molar-refractivity contribution < 1.29 is 4.79 Å². The van der Waals surface area contributed by atoms with E-state index in [1.807, 2.05) is 57.4 Å². The van der Waals surface area contributed by atoms with Gasteiger partial charge in [-0.05, 0) is 24.6 Å². The third-order valence-electron chi connectivity index (χ3n) is 4.09. The van der Waals surface area contributed by atoms with E-state index in [0.717, 1.165) is 27.9 Å². The van der Waals surface area contributed by atoms with Gasteiger partial charge in [-0.15, -0.1) is 0 Å². The Bertz CT molecular complexity index is 913. The first-order chi connectivity index (χ1) is 11.9. The Balaban J connectivity index is 1.69. The normalized spacial score (nSPS) is 10.9. The fourth-order valence-corrected chi connectivity index (χ4v) is 2.90. The maximum atomic E-state index is 12.4. The van der Waals surface area contributed by atoms with E-state index in [9.17, 15) is 4.79 Å². The van der Waals surface area contributed by atoms with Crippen molar-refractivity contribution in [2.24, 2.45) is 7.05 Å². The van der Waals surface area contributed by atoms with Crippen LogP contribution in [0.3, 0.4) is 0 Å². The van der Waals surface area contributed by atoms with Crippen LogP contribution in [0.1, 0.15) is 17.0 Å². The molecule has 1 aromatic carbocycles. The van der Waals surface area contributed by atoms with Gasteiger partial charge in [-0.2, -0.15) is 0 Å². The van der Waals surface area contributed by atoms with E-state index >= 15 is 0 Å². The summed E-state index contributed by atoms with van der Waals surface area (Å²) < 4.78 is 2.05. The minimum absolute atomic E-state index is 0.0148. The zero-order valence-corrected chi connectivity index (χ0v) is 15.1. The number of nitrogens with zero attached hydrogens (tertiary/aromatic N) is 4. The molecular weight excluding hydrogens is 314 g/mol. The summed E-state index contributed by atoms with van der Waals surface area (Å²) in [5.74, 6) is 0.636. The fourth-order valence-electron chi connectivity index (χ4n) is 2.90. The number of aryl methyl sites for hydroxylation is 2. The van der Waals surface area contributed by atoms with Crippen molar-refractivity contribution in [3.05, 3.63) is 53.5 Å². The average molecular weight is 337 g/mol. The first-order valence-corrected chi connectivity index (χ1v) is 8.25. The van der Waals surface area contributed by atoms with Crippen molar-refractivity contribution in [2.45, 2.75) is 19.9 Å². The predicted molar refractivity (Wildman–Crippen MR) is 99.6 cm³/mol. The SMILES string of the molecule is Cc1cc(CNC(=O)Cc2cn(C)c3ccccc23)nc(N(C)C)n1. The van der Waals surface area contributed by atoms with Crippen LogP contribution in [0.4, 0.5) is 5.95 Å². The Morgan fingerprint density at radius 1 is 1.24 bits per heavy atom. The number of benzene rings is 1. The molecule has 0 saturated heterocycles. The number of para-hydroxylation sites is 1. The molecular formula is C19H23N5O. The van der Waals surface area contributed by atoms with Gasteiger partial charge in [-0.3, -0.25) is 4.79 Å². The minimum atomic E-state index is -0.0148. The lowest BCUT2D eigenvalue weighted by Gasteiger charge is -2.12. The molecule has 0 fully saturated rings. The van der Waals surface area contributed by atoms with Crippen molar-refractivity contribution in [1.29, 1.82) is 0 Å². The van der Waals surface area contributed by atoms with Crippen LogP contribution in [0.2, 0.25) is 0 Å². The Labute approximate surface area is 147 Å². The molecule has 0 aliphatic carbocycles. The molecule has 6 heteroatoms. The molecule has 3 rings (SSSR count). The van der Waals surface area contributed by atoms with Crippen LogP contribution in [-0.2, 0) is 24.8 Å². The van der Waals surface area contributed by atoms with Gasteiger partial charge >= 0.3 is 0 Å². The molecule has 0 saturated carbocycles. The van der Waals surface area contributed by atoms with Gasteiger partial charge in [0.1, 0.15) is 0 Å². The Morgan fingerprint density at radius 2 is 2.00 bits per heavy atom. The smallest absolute Gasteiger partial charge is 0.225 e. The standard InChI is InChI=1S/C19H23N5O/c1-13-9-15(22-19(21-13)23(2)3)11-20-18(25)10-14-12-24(4)17-8-6-5-7-16(14)17/h5-9,12H,10-11H2,1-4H3,(H,20,25). The van der Waals surface area contributed by atoms with E-state index in [0.29, 0.717) is 18.9 Å². The molecule has 0 aliphatic heterocycles. The van der Waals surface area contributed by atoms with Crippen LogP contribution in [0.5, 0.6) is 0 Å². The molecule has 3 aromatic rings. The van der Waals surface area contributed by atoms with Gasteiger partial charge in [0.25, 0.3) is 0 Å². The van der Waals surface area contributed by atoms with E-state index in [2.05, 4.69) is 32.0 Å². The molecule has 2 aromatic heterocycles. The number of fused-ring (bicyclic) bond motifs is 1. The first-order valence-electron chi connectivity index (χ1n) is 8.25. The first kappa shape index (κ1) is 17.0. The van der Waals surface area contributed by atoms with Gasteiger partial charge in [0.15, 0.2) is 0 Å². The maximum Gasteiger partial charge on any atom is 0.225 e.